The summed E-state index contributed by atoms with van der Waals surface area (Å²) in [6.45, 7) is 5.76. The van der Waals surface area contributed by atoms with E-state index in [1.807, 2.05) is 6.07 Å². The summed E-state index contributed by atoms with van der Waals surface area (Å²) in [7, 11) is 0. The lowest BCUT2D eigenvalue weighted by Crippen LogP contribution is -2.45. The number of hydrogen-bond acceptors (Lipinski definition) is 3. The highest BCUT2D eigenvalue weighted by atomic mass is 35.5. The number of rotatable bonds is 6. The second-order valence-electron chi connectivity index (χ2n) is 11.9. The van der Waals surface area contributed by atoms with Gasteiger partial charge in [0.2, 0.25) is 0 Å². The first-order valence-electron chi connectivity index (χ1n) is 14.0. The maximum absolute atomic E-state index is 13.3. The molecule has 5 aliphatic rings. The zero-order valence-electron chi connectivity index (χ0n) is 20.6. The Labute approximate surface area is 225 Å². The molecule has 4 aliphatic heterocycles. The Kier molecular flexibility index (Phi) is 9.44. The normalized spacial score (nSPS) is 34.4. The summed E-state index contributed by atoms with van der Waals surface area (Å²) in [5, 5.41) is 3.82. The summed E-state index contributed by atoms with van der Waals surface area (Å²) < 4.78 is 0. The fraction of sp³-hybridized carbons (Fsp3) is 0.742. The number of halogens is 1. The van der Waals surface area contributed by atoms with Crippen LogP contribution in [0.25, 0.3) is 0 Å². The average Bonchev–Trinajstić information content (AvgIpc) is 3.62. The minimum atomic E-state index is 0. The number of hydrogen-bond donors (Lipinski definition) is 1. The van der Waals surface area contributed by atoms with Crippen LogP contribution in [-0.4, -0.2) is 60.5 Å². The number of fused-ring (bicyclic) bond motifs is 4. The van der Waals surface area contributed by atoms with Crippen LogP contribution in [0.3, 0.4) is 0 Å². The van der Waals surface area contributed by atoms with Crippen LogP contribution in [-0.2, 0) is 0 Å². The first-order chi connectivity index (χ1) is 16.7. The predicted molar refractivity (Wildman–Crippen MR) is 152 cm³/mol. The van der Waals surface area contributed by atoms with E-state index < -0.39 is 0 Å². The summed E-state index contributed by atoms with van der Waals surface area (Å²) in [5.74, 6) is 3.73. The van der Waals surface area contributed by atoms with Crippen molar-refractivity contribution in [1.82, 2.24) is 15.1 Å². The van der Waals surface area contributed by atoms with E-state index in [1.165, 1.54) is 95.4 Å². The molecule has 4 bridgehead atoms. The minimum Gasteiger partial charge on any atom is -0.351 e. The van der Waals surface area contributed by atoms with Crippen LogP contribution in [0, 0.1) is 17.8 Å². The molecule has 6 rings (SSSR count). The van der Waals surface area contributed by atoms with Gasteiger partial charge in [-0.2, -0.15) is 0 Å². The molecule has 36 heavy (non-hydrogen) atoms. The molecule has 5 heteroatoms. The minimum absolute atomic E-state index is 0. The van der Waals surface area contributed by atoms with Gasteiger partial charge in [-0.1, -0.05) is 64.6 Å². The molecule has 0 spiro atoms. The Morgan fingerprint density at radius 3 is 2.03 bits per heavy atom. The lowest BCUT2D eigenvalue weighted by Gasteiger charge is -2.41. The molecular formula is C31H49ClN3O. The zero-order valence-corrected chi connectivity index (χ0v) is 21.4. The Morgan fingerprint density at radius 1 is 0.917 bits per heavy atom. The van der Waals surface area contributed by atoms with Gasteiger partial charge in [0.1, 0.15) is 0 Å². The van der Waals surface area contributed by atoms with Gasteiger partial charge >= 0.3 is 0 Å². The average molecular weight is 515 g/mol. The quantitative estimate of drug-likeness (QED) is 0.447. The first-order valence-corrected chi connectivity index (χ1v) is 14.4. The van der Waals surface area contributed by atoms with Crippen LogP contribution in [0.2, 0.25) is 5.02 Å². The topological polar surface area (TPSA) is 35.6 Å². The van der Waals surface area contributed by atoms with Gasteiger partial charge in [-0.15, -0.1) is 0 Å². The van der Waals surface area contributed by atoms with Crippen LogP contribution >= 0.6 is 11.6 Å². The molecule has 1 amide bonds. The number of nitrogens with zero attached hydrogens (tertiary/aromatic N) is 2. The van der Waals surface area contributed by atoms with Crippen molar-refractivity contribution in [3.63, 3.8) is 0 Å². The molecule has 4 nitrogen and oxygen atoms in total. The van der Waals surface area contributed by atoms with Crippen molar-refractivity contribution in [2.75, 3.05) is 32.7 Å². The van der Waals surface area contributed by atoms with E-state index in [1.54, 1.807) is 0 Å². The molecule has 201 valence electrons. The highest BCUT2D eigenvalue weighted by Gasteiger charge is 2.49. The summed E-state index contributed by atoms with van der Waals surface area (Å²) in [6, 6.07) is 7.61. The number of piperidine rings is 2. The van der Waals surface area contributed by atoms with Crippen molar-refractivity contribution in [1.29, 1.82) is 0 Å². The fourth-order valence-corrected chi connectivity index (χ4v) is 8.15. The lowest BCUT2D eigenvalue weighted by molar-refractivity contribution is 0.0953. The van der Waals surface area contributed by atoms with Crippen LogP contribution in [0.5, 0.6) is 0 Å². The van der Waals surface area contributed by atoms with Gasteiger partial charge in [0.15, 0.2) is 0 Å². The van der Waals surface area contributed by atoms with E-state index in [2.05, 4.69) is 27.2 Å². The van der Waals surface area contributed by atoms with E-state index in [4.69, 9.17) is 11.6 Å². The monoisotopic (exact) mass is 514 g/mol. The Bertz CT molecular complexity index is 855. The summed E-state index contributed by atoms with van der Waals surface area (Å²) >= 11 is 6.62. The molecule has 1 N–H and O–H groups in total. The number of nitrogens with one attached hydrogen (secondary N) is 1. The molecular weight excluding hydrogens is 466 g/mol. The first kappa shape index (κ1) is 27.9. The zero-order chi connectivity index (χ0) is 23.1. The van der Waals surface area contributed by atoms with Crippen molar-refractivity contribution in [2.24, 2.45) is 11.8 Å². The molecule has 5 fully saturated rings. The molecule has 6 unspecified atom stereocenters. The molecule has 0 aromatic heterocycles. The summed E-state index contributed by atoms with van der Waals surface area (Å²) in [5.41, 5.74) is 2.01. The van der Waals surface area contributed by atoms with Gasteiger partial charge in [-0.25, -0.2) is 0 Å². The molecule has 1 aromatic rings. The molecule has 1 saturated carbocycles. The number of benzene rings is 1. The fourth-order valence-electron chi connectivity index (χ4n) is 7.95. The smallest absolute Gasteiger partial charge is 0.252 e. The van der Waals surface area contributed by atoms with Crippen molar-refractivity contribution >= 4 is 17.5 Å². The van der Waals surface area contributed by atoms with E-state index in [0.29, 0.717) is 35.1 Å². The Morgan fingerprint density at radius 2 is 1.50 bits per heavy atom. The third-order valence-electron chi connectivity index (χ3n) is 9.73. The van der Waals surface area contributed by atoms with Crippen LogP contribution in [0.15, 0.2) is 18.2 Å². The number of carbonyl (C=O) groups excluding carboxylic acids is 1. The predicted octanol–water partition coefficient (Wildman–Crippen LogP) is 6.93. The highest BCUT2D eigenvalue weighted by molar-refractivity contribution is 6.33. The van der Waals surface area contributed by atoms with Crippen molar-refractivity contribution in [3.05, 3.63) is 40.3 Å². The standard InChI is InChI=1S/C29H41ClN3O.2CH4/c30-25-9-8-23(16-24(25)29(34)31-17-20-6-4-2-1-3-5-7-20)28(26-14-21-10-12-32(26)18-21)27-15-22-11-13-33(27)19-22;;/h8-9,16,21-22,26-28H,1-7,10-15,17-19H2,(H,31,34);2*1H4. The second-order valence-corrected chi connectivity index (χ2v) is 12.3. The van der Waals surface area contributed by atoms with Gasteiger partial charge in [-0.05, 0) is 87.1 Å². The van der Waals surface area contributed by atoms with E-state index >= 15 is 0 Å². The Balaban J connectivity index is 0.00000152. The second kappa shape index (κ2) is 12.2. The van der Waals surface area contributed by atoms with E-state index in [-0.39, 0.29) is 20.8 Å². The van der Waals surface area contributed by atoms with Crippen molar-refractivity contribution in [2.45, 2.75) is 103 Å². The van der Waals surface area contributed by atoms with Crippen molar-refractivity contribution < 1.29 is 4.79 Å². The lowest BCUT2D eigenvalue weighted by atomic mass is 9.78. The maximum atomic E-state index is 13.3. The molecule has 1 radical (unpaired) electrons. The third-order valence-corrected chi connectivity index (χ3v) is 10.1. The van der Waals surface area contributed by atoms with Crippen LogP contribution in [0.1, 0.15) is 107 Å². The van der Waals surface area contributed by atoms with Gasteiger partial charge in [0.25, 0.3) is 5.91 Å². The van der Waals surface area contributed by atoms with E-state index in [0.717, 1.165) is 24.7 Å². The Hall–Kier alpha value is -1.10. The largest absolute Gasteiger partial charge is 0.351 e. The molecule has 4 heterocycles. The molecule has 4 saturated heterocycles. The van der Waals surface area contributed by atoms with Gasteiger partial charge in [-0.3, -0.25) is 14.6 Å². The number of amides is 1. The summed E-state index contributed by atoms with van der Waals surface area (Å²) in [4.78, 5) is 18.8. The maximum Gasteiger partial charge on any atom is 0.252 e. The summed E-state index contributed by atoms with van der Waals surface area (Å²) in [6.07, 6.45) is 14.2. The van der Waals surface area contributed by atoms with Gasteiger partial charge in [0, 0.05) is 37.6 Å². The molecule has 1 aromatic carbocycles. The molecule has 1 aliphatic carbocycles. The van der Waals surface area contributed by atoms with Crippen LogP contribution in [0.4, 0.5) is 0 Å². The number of carbonyl (C=O) groups is 1. The third kappa shape index (κ3) is 5.66. The van der Waals surface area contributed by atoms with Crippen molar-refractivity contribution in [3.8, 4) is 0 Å². The SMILES string of the molecule is C.C.O=C(NC[C]1CCCCCCC1)c1cc(C(C2CC3CCN2C3)C2CC3CCN2C3)ccc1Cl. The molecule has 6 atom stereocenters. The van der Waals surface area contributed by atoms with Crippen LogP contribution < -0.4 is 5.32 Å². The van der Waals surface area contributed by atoms with Gasteiger partial charge in [0.05, 0.1) is 10.6 Å². The van der Waals surface area contributed by atoms with Gasteiger partial charge < -0.3 is 5.32 Å². The highest BCUT2D eigenvalue weighted by Crippen LogP contribution is 2.47. The van der Waals surface area contributed by atoms with E-state index in [9.17, 15) is 4.79 Å².